The van der Waals surface area contributed by atoms with Gasteiger partial charge in [0.15, 0.2) is 5.78 Å². The zero-order chi connectivity index (χ0) is 24.6. The summed E-state index contributed by atoms with van der Waals surface area (Å²) >= 11 is 0. The van der Waals surface area contributed by atoms with Crippen LogP contribution in [0.4, 0.5) is 13.2 Å². The maximum atomic E-state index is 13.8. The Morgan fingerprint density at radius 1 is 1.00 bits per heavy atom. The molecule has 0 spiro atoms. The Labute approximate surface area is 203 Å². The molecule has 1 atom stereocenters. The standard InChI is InChI=1S/C28H29F3N2O2/c1-35-25-11-10-20-15-22(9-8-21(20)16-25)27(34)26-18-32(24-6-3-7-24)12-13-33(26)17-19-4-2-5-23(14-19)28(29,30)31/h2,4-5,8-11,14-16,24,26H,3,6-7,12-13,17-18H2,1H3. The van der Waals surface area contributed by atoms with Gasteiger partial charge in [0.2, 0.25) is 0 Å². The maximum Gasteiger partial charge on any atom is 0.416 e. The van der Waals surface area contributed by atoms with Crippen molar-refractivity contribution in [3.05, 3.63) is 77.4 Å². The molecule has 1 aliphatic heterocycles. The van der Waals surface area contributed by atoms with Crippen molar-refractivity contribution in [3.8, 4) is 5.75 Å². The van der Waals surface area contributed by atoms with Crippen LogP contribution in [0.2, 0.25) is 0 Å². The van der Waals surface area contributed by atoms with Crippen LogP contribution in [0, 0.1) is 0 Å². The van der Waals surface area contributed by atoms with Gasteiger partial charge in [0, 0.05) is 37.8 Å². The highest BCUT2D eigenvalue weighted by Crippen LogP contribution is 2.32. The molecule has 0 N–H and O–H groups in total. The third kappa shape index (κ3) is 5.07. The highest BCUT2D eigenvalue weighted by molar-refractivity contribution is 6.03. The first kappa shape index (κ1) is 23.8. The third-order valence-electron chi connectivity index (χ3n) is 7.39. The second-order valence-corrected chi connectivity index (χ2v) is 9.56. The van der Waals surface area contributed by atoms with E-state index in [4.69, 9.17) is 4.74 Å². The summed E-state index contributed by atoms with van der Waals surface area (Å²) in [6.45, 7) is 2.38. The van der Waals surface area contributed by atoms with E-state index >= 15 is 0 Å². The van der Waals surface area contributed by atoms with Crippen LogP contribution in [-0.4, -0.2) is 54.4 Å². The summed E-state index contributed by atoms with van der Waals surface area (Å²) in [7, 11) is 1.62. The lowest BCUT2D eigenvalue weighted by Crippen LogP contribution is -2.59. The van der Waals surface area contributed by atoms with Crippen molar-refractivity contribution in [2.75, 3.05) is 26.7 Å². The van der Waals surface area contributed by atoms with Gasteiger partial charge in [-0.1, -0.05) is 42.8 Å². The van der Waals surface area contributed by atoms with E-state index in [1.54, 1.807) is 13.2 Å². The van der Waals surface area contributed by atoms with Crippen LogP contribution in [-0.2, 0) is 12.7 Å². The number of carbonyl (C=O) groups excluding carboxylic acids is 1. The Bertz CT molecular complexity index is 1220. The van der Waals surface area contributed by atoms with E-state index < -0.39 is 17.8 Å². The van der Waals surface area contributed by atoms with Crippen LogP contribution in [0.25, 0.3) is 10.8 Å². The Morgan fingerprint density at radius 2 is 1.77 bits per heavy atom. The minimum atomic E-state index is -4.39. The summed E-state index contributed by atoms with van der Waals surface area (Å²) in [6.07, 6.45) is -0.886. The minimum absolute atomic E-state index is 0.0127. The Balaban J connectivity index is 1.42. The van der Waals surface area contributed by atoms with Crippen molar-refractivity contribution >= 4 is 16.6 Å². The molecule has 35 heavy (non-hydrogen) atoms. The fraction of sp³-hybridized carbons (Fsp3) is 0.393. The molecule has 1 saturated heterocycles. The van der Waals surface area contributed by atoms with E-state index in [9.17, 15) is 18.0 Å². The first-order valence-corrected chi connectivity index (χ1v) is 12.1. The fourth-order valence-corrected chi connectivity index (χ4v) is 5.14. The number of benzene rings is 3. The van der Waals surface area contributed by atoms with Crippen LogP contribution >= 0.6 is 0 Å². The molecular weight excluding hydrogens is 453 g/mol. The first-order chi connectivity index (χ1) is 16.8. The van der Waals surface area contributed by atoms with Crippen molar-refractivity contribution in [2.45, 2.75) is 44.1 Å². The van der Waals surface area contributed by atoms with Gasteiger partial charge in [-0.3, -0.25) is 14.6 Å². The molecule has 2 aliphatic rings. The lowest BCUT2D eigenvalue weighted by molar-refractivity contribution is -0.137. The molecule has 0 bridgehead atoms. The molecule has 3 aromatic rings. The highest BCUT2D eigenvalue weighted by atomic mass is 19.4. The van der Waals surface area contributed by atoms with Gasteiger partial charge in [-0.2, -0.15) is 13.2 Å². The molecule has 0 aromatic heterocycles. The van der Waals surface area contributed by atoms with Gasteiger partial charge in [0.25, 0.3) is 0 Å². The predicted molar refractivity (Wildman–Crippen MR) is 130 cm³/mol. The molecule has 4 nitrogen and oxygen atoms in total. The topological polar surface area (TPSA) is 32.8 Å². The van der Waals surface area contributed by atoms with Gasteiger partial charge in [-0.25, -0.2) is 0 Å². The minimum Gasteiger partial charge on any atom is -0.497 e. The quantitative estimate of drug-likeness (QED) is 0.417. The molecule has 1 saturated carbocycles. The number of Topliss-reactive ketones (excluding diaryl/α,β-unsaturated/α-hetero) is 1. The third-order valence-corrected chi connectivity index (χ3v) is 7.39. The number of rotatable bonds is 6. The van der Waals surface area contributed by atoms with Crippen LogP contribution in [0.5, 0.6) is 5.75 Å². The maximum absolute atomic E-state index is 13.8. The van der Waals surface area contributed by atoms with Crippen LogP contribution in [0.3, 0.4) is 0 Å². The summed E-state index contributed by atoms with van der Waals surface area (Å²) in [6, 6.07) is 16.9. The van der Waals surface area contributed by atoms with Crippen molar-refractivity contribution in [1.82, 2.24) is 9.80 Å². The van der Waals surface area contributed by atoms with Gasteiger partial charge in [0.05, 0.1) is 18.7 Å². The van der Waals surface area contributed by atoms with Crippen LogP contribution < -0.4 is 4.74 Å². The number of alkyl halides is 3. The van der Waals surface area contributed by atoms with Gasteiger partial charge >= 0.3 is 6.18 Å². The van der Waals surface area contributed by atoms with Crippen molar-refractivity contribution in [1.29, 1.82) is 0 Å². The van der Waals surface area contributed by atoms with Gasteiger partial charge in [-0.05, 0) is 53.4 Å². The normalized spacial score (nSPS) is 20.1. The van der Waals surface area contributed by atoms with Crippen molar-refractivity contribution in [2.24, 2.45) is 0 Å². The Morgan fingerprint density at radius 3 is 2.49 bits per heavy atom. The predicted octanol–water partition coefficient (Wildman–Crippen LogP) is 5.79. The lowest BCUT2D eigenvalue weighted by atomic mass is 9.89. The molecule has 1 aliphatic carbocycles. The Kier molecular flexibility index (Phi) is 6.55. The van der Waals surface area contributed by atoms with Gasteiger partial charge < -0.3 is 4.74 Å². The van der Waals surface area contributed by atoms with Crippen LogP contribution in [0.1, 0.15) is 40.7 Å². The van der Waals surface area contributed by atoms with Gasteiger partial charge in [-0.15, -0.1) is 0 Å². The number of hydrogen-bond donors (Lipinski definition) is 0. The zero-order valence-corrected chi connectivity index (χ0v) is 19.7. The highest BCUT2D eigenvalue weighted by Gasteiger charge is 2.37. The SMILES string of the molecule is COc1ccc2cc(C(=O)C3CN(C4CCC4)CCN3Cc3cccc(C(F)(F)F)c3)ccc2c1. The zero-order valence-electron chi connectivity index (χ0n) is 19.7. The van der Waals surface area contributed by atoms with E-state index in [2.05, 4.69) is 4.90 Å². The lowest BCUT2D eigenvalue weighted by Gasteiger charge is -2.46. The summed E-state index contributed by atoms with van der Waals surface area (Å²) in [4.78, 5) is 18.2. The largest absolute Gasteiger partial charge is 0.497 e. The molecule has 184 valence electrons. The molecule has 1 unspecified atom stereocenters. The summed E-state index contributed by atoms with van der Waals surface area (Å²) in [5, 5.41) is 1.94. The first-order valence-electron chi connectivity index (χ1n) is 12.1. The monoisotopic (exact) mass is 482 g/mol. The number of carbonyl (C=O) groups is 1. The number of ether oxygens (including phenoxy) is 1. The smallest absolute Gasteiger partial charge is 0.416 e. The summed E-state index contributed by atoms with van der Waals surface area (Å²) in [5.41, 5.74) is 0.536. The van der Waals surface area contributed by atoms with Crippen LogP contribution in [0.15, 0.2) is 60.7 Å². The van der Waals surface area contributed by atoms with Gasteiger partial charge in [0.1, 0.15) is 5.75 Å². The van der Waals surface area contributed by atoms with E-state index in [0.717, 1.165) is 42.0 Å². The number of halogens is 3. The molecular formula is C28H29F3N2O2. The molecule has 5 rings (SSSR count). The van der Waals surface area contributed by atoms with E-state index in [-0.39, 0.29) is 5.78 Å². The number of piperazine rings is 1. The number of fused-ring (bicyclic) bond motifs is 1. The van der Waals surface area contributed by atoms with E-state index in [0.29, 0.717) is 36.8 Å². The van der Waals surface area contributed by atoms with Crippen molar-refractivity contribution < 1.29 is 22.7 Å². The second-order valence-electron chi connectivity index (χ2n) is 9.56. The van der Waals surface area contributed by atoms with E-state index in [1.807, 2.05) is 41.3 Å². The summed E-state index contributed by atoms with van der Waals surface area (Å²) in [5.74, 6) is 0.769. The average Bonchev–Trinajstić information content (AvgIpc) is 2.82. The fourth-order valence-electron chi connectivity index (χ4n) is 5.14. The number of nitrogens with zero attached hydrogens (tertiary/aromatic N) is 2. The van der Waals surface area contributed by atoms with Crippen molar-refractivity contribution in [3.63, 3.8) is 0 Å². The number of ketones is 1. The Hall–Kier alpha value is -2.90. The number of methoxy groups -OCH3 is 1. The molecule has 2 fully saturated rings. The average molecular weight is 483 g/mol. The molecule has 0 amide bonds. The number of hydrogen-bond acceptors (Lipinski definition) is 4. The molecule has 3 aromatic carbocycles. The van der Waals surface area contributed by atoms with E-state index in [1.165, 1.54) is 18.6 Å². The molecule has 1 heterocycles. The second kappa shape index (κ2) is 9.63. The molecule has 7 heteroatoms. The summed E-state index contributed by atoms with van der Waals surface area (Å²) < 4.78 is 45.0. The molecule has 0 radical (unpaired) electrons.